The predicted molar refractivity (Wildman–Crippen MR) is 46.9 cm³/mol. The monoisotopic (exact) mass is 141 g/mol. The quantitative estimate of drug-likeness (QED) is 0.623. The van der Waals surface area contributed by atoms with Gasteiger partial charge in [-0.05, 0) is 18.8 Å². The lowest BCUT2D eigenvalue weighted by Crippen LogP contribution is -2.27. The van der Waals surface area contributed by atoms with Crippen LogP contribution in [-0.2, 0) is 0 Å². The Bertz CT molecular complexity index is 140. The van der Waals surface area contributed by atoms with Gasteiger partial charge < -0.3 is 5.32 Å². The molecule has 0 amide bonds. The van der Waals surface area contributed by atoms with Gasteiger partial charge in [-0.15, -0.1) is 0 Å². The lowest BCUT2D eigenvalue weighted by Gasteiger charge is -2.16. The van der Waals surface area contributed by atoms with Gasteiger partial charge in [-0.2, -0.15) is 0 Å². The minimum atomic E-state index is 0. The first-order chi connectivity index (χ1) is 4.74. The van der Waals surface area contributed by atoms with E-state index in [9.17, 15) is 0 Å². The third-order valence-corrected chi connectivity index (χ3v) is 2.17. The Labute approximate surface area is 65.0 Å². The molecule has 0 radical (unpaired) electrons. The van der Waals surface area contributed by atoms with Crippen molar-refractivity contribution < 1.29 is 1.43 Å². The molecule has 60 valence electrons. The minimum Gasteiger partial charge on any atom is -0.385 e. The van der Waals surface area contributed by atoms with Crippen molar-refractivity contribution in [2.24, 2.45) is 5.92 Å². The van der Waals surface area contributed by atoms with E-state index in [4.69, 9.17) is 0 Å². The number of allylic oxidation sites excluding steroid dienone is 1. The summed E-state index contributed by atoms with van der Waals surface area (Å²) < 4.78 is 0. The Morgan fingerprint density at radius 2 is 2.50 bits per heavy atom. The van der Waals surface area contributed by atoms with Gasteiger partial charge in [-0.3, -0.25) is 0 Å². The zero-order chi connectivity index (χ0) is 7.56. The molecule has 1 aliphatic rings. The summed E-state index contributed by atoms with van der Waals surface area (Å²) in [7, 11) is 0. The molecule has 0 aromatic carbocycles. The first kappa shape index (κ1) is 7.64. The summed E-state index contributed by atoms with van der Waals surface area (Å²) in [6, 6.07) is 0.704. The molecule has 0 aromatic heterocycles. The van der Waals surface area contributed by atoms with Gasteiger partial charge in [0.1, 0.15) is 0 Å². The Hall–Kier alpha value is -0.460. The average Bonchev–Trinajstić information content (AvgIpc) is 2.34. The molecule has 0 spiro atoms. The SMILES string of the molecule is CCC1=CCC(C(C)C)N1.[HH]. The van der Waals surface area contributed by atoms with Gasteiger partial charge >= 0.3 is 0 Å². The first-order valence-corrected chi connectivity index (χ1v) is 4.19. The van der Waals surface area contributed by atoms with Crippen LogP contribution >= 0.6 is 0 Å². The van der Waals surface area contributed by atoms with Gasteiger partial charge in [0, 0.05) is 13.2 Å². The van der Waals surface area contributed by atoms with Crippen LogP contribution < -0.4 is 5.32 Å². The molecule has 1 atom stereocenters. The van der Waals surface area contributed by atoms with Crippen LogP contribution in [0.2, 0.25) is 0 Å². The molecular weight excluding hydrogens is 122 g/mol. The van der Waals surface area contributed by atoms with Gasteiger partial charge in [0.2, 0.25) is 0 Å². The molecule has 0 saturated heterocycles. The zero-order valence-corrected chi connectivity index (χ0v) is 7.15. The highest BCUT2D eigenvalue weighted by Crippen LogP contribution is 2.17. The summed E-state index contributed by atoms with van der Waals surface area (Å²) >= 11 is 0. The maximum Gasteiger partial charge on any atom is 0.0316 e. The standard InChI is InChI=1S/C9H17N.H2/c1-4-8-5-6-9(10-8)7(2)3;/h5,7,9-10H,4,6H2,1-3H3;1H. The highest BCUT2D eigenvalue weighted by atomic mass is 14.9. The Kier molecular flexibility index (Phi) is 2.36. The molecule has 0 saturated carbocycles. The van der Waals surface area contributed by atoms with Gasteiger partial charge in [0.05, 0.1) is 0 Å². The van der Waals surface area contributed by atoms with Crippen LogP contribution in [-0.4, -0.2) is 6.04 Å². The van der Waals surface area contributed by atoms with Crippen LogP contribution in [0.15, 0.2) is 11.8 Å². The van der Waals surface area contributed by atoms with E-state index in [0.717, 1.165) is 12.3 Å². The topological polar surface area (TPSA) is 12.0 Å². The lowest BCUT2D eigenvalue weighted by atomic mass is 10.0. The van der Waals surface area contributed by atoms with Crippen LogP contribution in [0.5, 0.6) is 0 Å². The Morgan fingerprint density at radius 3 is 2.80 bits per heavy atom. The summed E-state index contributed by atoms with van der Waals surface area (Å²) in [5.41, 5.74) is 1.43. The van der Waals surface area contributed by atoms with E-state index in [1.165, 1.54) is 12.1 Å². The van der Waals surface area contributed by atoms with E-state index >= 15 is 0 Å². The van der Waals surface area contributed by atoms with Crippen molar-refractivity contribution in [2.45, 2.75) is 39.7 Å². The predicted octanol–water partition coefficient (Wildman–Crippen LogP) is 2.54. The van der Waals surface area contributed by atoms with E-state index in [-0.39, 0.29) is 1.43 Å². The highest BCUT2D eigenvalue weighted by molar-refractivity contribution is 5.09. The molecule has 1 nitrogen and oxygen atoms in total. The summed E-state index contributed by atoms with van der Waals surface area (Å²) in [6.07, 6.45) is 4.70. The second-order valence-electron chi connectivity index (χ2n) is 3.31. The molecule has 1 unspecified atom stereocenters. The fourth-order valence-electron chi connectivity index (χ4n) is 1.31. The third kappa shape index (κ3) is 1.53. The van der Waals surface area contributed by atoms with Crippen molar-refractivity contribution in [2.75, 3.05) is 0 Å². The smallest absolute Gasteiger partial charge is 0.0316 e. The summed E-state index contributed by atoms with van der Waals surface area (Å²) in [6.45, 7) is 6.73. The van der Waals surface area contributed by atoms with Gasteiger partial charge in [-0.25, -0.2) is 0 Å². The van der Waals surface area contributed by atoms with Gasteiger partial charge in [0.25, 0.3) is 0 Å². The highest BCUT2D eigenvalue weighted by Gasteiger charge is 2.16. The van der Waals surface area contributed by atoms with Crippen molar-refractivity contribution >= 4 is 0 Å². The third-order valence-electron chi connectivity index (χ3n) is 2.17. The first-order valence-electron chi connectivity index (χ1n) is 4.19. The van der Waals surface area contributed by atoms with E-state index in [0.29, 0.717) is 6.04 Å². The molecule has 10 heavy (non-hydrogen) atoms. The minimum absolute atomic E-state index is 0. The fourth-order valence-corrected chi connectivity index (χ4v) is 1.31. The van der Waals surface area contributed by atoms with E-state index in [2.05, 4.69) is 32.2 Å². The molecular formula is C9H19N. The average molecular weight is 141 g/mol. The van der Waals surface area contributed by atoms with E-state index < -0.39 is 0 Å². The van der Waals surface area contributed by atoms with Gasteiger partial charge in [0.15, 0.2) is 0 Å². The molecule has 0 aromatic rings. The summed E-state index contributed by atoms with van der Waals surface area (Å²) in [5.74, 6) is 0.764. The van der Waals surface area contributed by atoms with Crippen molar-refractivity contribution in [3.05, 3.63) is 11.8 Å². The molecule has 0 fully saturated rings. The normalized spacial score (nSPS) is 24.8. The van der Waals surface area contributed by atoms with Crippen LogP contribution in [0.3, 0.4) is 0 Å². The van der Waals surface area contributed by atoms with Crippen molar-refractivity contribution in [3.63, 3.8) is 0 Å². The van der Waals surface area contributed by atoms with E-state index in [1.54, 1.807) is 0 Å². The molecule has 0 bridgehead atoms. The maximum absolute atomic E-state index is 3.50. The summed E-state index contributed by atoms with van der Waals surface area (Å²) in [4.78, 5) is 0. The fraction of sp³-hybridized carbons (Fsp3) is 0.778. The molecule has 1 rings (SSSR count). The second kappa shape index (κ2) is 3.09. The zero-order valence-electron chi connectivity index (χ0n) is 7.15. The molecule has 1 heteroatoms. The van der Waals surface area contributed by atoms with Crippen molar-refractivity contribution in [1.82, 2.24) is 5.32 Å². The largest absolute Gasteiger partial charge is 0.385 e. The van der Waals surface area contributed by atoms with Crippen molar-refractivity contribution in [1.29, 1.82) is 0 Å². The van der Waals surface area contributed by atoms with Crippen LogP contribution in [0, 0.1) is 5.92 Å². The maximum atomic E-state index is 3.50. The number of nitrogens with one attached hydrogen (secondary N) is 1. The number of hydrogen-bond acceptors (Lipinski definition) is 1. The number of hydrogen-bond donors (Lipinski definition) is 1. The number of rotatable bonds is 2. The molecule has 1 aliphatic heterocycles. The van der Waals surface area contributed by atoms with Crippen LogP contribution in [0.4, 0.5) is 0 Å². The second-order valence-corrected chi connectivity index (χ2v) is 3.31. The summed E-state index contributed by atoms with van der Waals surface area (Å²) in [5, 5.41) is 3.50. The van der Waals surface area contributed by atoms with E-state index in [1.807, 2.05) is 0 Å². The Morgan fingerprint density at radius 1 is 1.80 bits per heavy atom. The van der Waals surface area contributed by atoms with Crippen LogP contribution in [0.1, 0.15) is 35.0 Å². The lowest BCUT2D eigenvalue weighted by molar-refractivity contribution is 0.454. The molecule has 1 N–H and O–H groups in total. The van der Waals surface area contributed by atoms with Crippen molar-refractivity contribution in [3.8, 4) is 0 Å². The van der Waals surface area contributed by atoms with Crippen LogP contribution in [0.25, 0.3) is 0 Å². The molecule has 1 heterocycles. The van der Waals surface area contributed by atoms with Gasteiger partial charge in [-0.1, -0.05) is 26.8 Å². The molecule has 0 aliphatic carbocycles. The Balaban J connectivity index is 0.000001000.